The summed E-state index contributed by atoms with van der Waals surface area (Å²) in [4.78, 5) is 35.7. The molecule has 8 heteroatoms. The van der Waals surface area contributed by atoms with Crippen LogP contribution in [0.25, 0.3) is 10.9 Å². The first-order valence-corrected chi connectivity index (χ1v) is 6.67. The van der Waals surface area contributed by atoms with E-state index in [4.69, 9.17) is 0 Å². The maximum Gasteiger partial charge on any atom is 0.341 e. The zero-order chi connectivity index (χ0) is 15.7. The molecule has 0 spiro atoms. The Hall–Kier alpha value is -3.03. The fraction of sp³-hybridized carbons (Fsp3) is 0.214. The standard InChI is InChI=1S/C14H14N6O2/c1-8-9-5-3-4-6-10(9)16-11(15-8)7-20(2)13(21)12-17-14(22)19-18-12/h3-6H,7H2,1-2H3,(H2,17,18,19,22). The number of nitrogens with zero attached hydrogens (tertiary/aromatic N) is 4. The Morgan fingerprint density at radius 2 is 2.05 bits per heavy atom. The van der Waals surface area contributed by atoms with E-state index in [-0.39, 0.29) is 12.4 Å². The highest BCUT2D eigenvalue weighted by molar-refractivity contribution is 5.90. The van der Waals surface area contributed by atoms with Crippen LogP contribution in [0.15, 0.2) is 29.1 Å². The Bertz CT molecular complexity index is 897. The largest absolute Gasteiger partial charge is 0.341 e. The number of hydrogen-bond donors (Lipinski definition) is 2. The Kier molecular flexibility index (Phi) is 3.42. The van der Waals surface area contributed by atoms with Crippen LogP contribution in [0.5, 0.6) is 0 Å². The highest BCUT2D eigenvalue weighted by Gasteiger charge is 2.17. The van der Waals surface area contributed by atoms with Gasteiger partial charge in [-0.05, 0) is 13.0 Å². The zero-order valence-corrected chi connectivity index (χ0v) is 12.1. The molecule has 0 aliphatic carbocycles. The maximum atomic E-state index is 12.1. The van der Waals surface area contributed by atoms with Gasteiger partial charge in [0.2, 0.25) is 5.82 Å². The van der Waals surface area contributed by atoms with E-state index in [0.717, 1.165) is 16.6 Å². The minimum atomic E-state index is -0.519. The Labute approximate surface area is 125 Å². The van der Waals surface area contributed by atoms with Crippen molar-refractivity contribution >= 4 is 16.8 Å². The molecule has 0 aliphatic rings. The van der Waals surface area contributed by atoms with Crippen LogP contribution in [0, 0.1) is 6.92 Å². The average molecular weight is 298 g/mol. The molecule has 0 saturated carbocycles. The van der Waals surface area contributed by atoms with Gasteiger partial charge >= 0.3 is 5.69 Å². The molecular formula is C14H14N6O2. The first-order chi connectivity index (χ1) is 10.5. The van der Waals surface area contributed by atoms with Crippen LogP contribution in [0.1, 0.15) is 22.1 Å². The van der Waals surface area contributed by atoms with Gasteiger partial charge in [-0.2, -0.15) is 0 Å². The molecule has 112 valence electrons. The molecule has 0 fully saturated rings. The number of aromatic nitrogens is 5. The summed E-state index contributed by atoms with van der Waals surface area (Å²) in [5.74, 6) is 0.0858. The molecule has 0 bridgehead atoms. The molecule has 0 atom stereocenters. The number of H-pyrrole nitrogens is 2. The normalized spacial score (nSPS) is 10.8. The molecule has 22 heavy (non-hydrogen) atoms. The Morgan fingerprint density at radius 3 is 2.77 bits per heavy atom. The molecule has 3 aromatic rings. The van der Waals surface area contributed by atoms with Gasteiger partial charge in [0.25, 0.3) is 5.91 Å². The first-order valence-electron chi connectivity index (χ1n) is 6.67. The summed E-state index contributed by atoms with van der Waals surface area (Å²) in [6.45, 7) is 2.12. The molecule has 0 saturated heterocycles. The highest BCUT2D eigenvalue weighted by Crippen LogP contribution is 2.15. The van der Waals surface area contributed by atoms with Crippen LogP contribution in [-0.2, 0) is 6.54 Å². The Morgan fingerprint density at radius 1 is 1.27 bits per heavy atom. The van der Waals surface area contributed by atoms with Gasteiger partial charge in [-0.25, -0.2) is 19.9 Å². The molecule has 0 radical (unpaired) electrons. The van der Waals surface area contributed by atoms with Gasteiger partial charge in [0, 0.05) is 18.1 Å². The summed E-state index contributed by atoms with van der Waals surface area (Å²) < 4.78 is 0. The molecule has 0 aliphatic heterocycles. The summed E-state index contributed by atoms with van der Waals surface area (Å²) >= 11 is 0. The summed E-state index contributed by atoms with van der Waals surface area (Å²) in [5, 5.41) is 6.77. The quantitative estimate of drug-likeness (QED) is 0.737. The molecular weight excluding hydrogens is 284 g/mol. The minimum Gasteiger partial charge on any atom is -0.331 e. The van der Waals surface area contributed by atoms with Gasteiger partial charge in [0.1, 0.15) is 5.82 Å². The summed E-state index contributed by atoms with van der Waals surface area (Å²) in [7, 11) is 1.60. The highest BCUT2D eigenvalue weighted by atomic mass is 16.2. The topological polar surface area (TPSA) is 108 Å². The van der Waals surface area contributed by atoms with Crippen molar-refractivity contribution in [3.63, 3.8) is 0 Å². The lowest BCUT2D eigenvalue weighted by Crippen LogP contribution is -2.28. The fourth-order valence-corrected chi connectivity index (χ4v) is 2.20. The monoisotopic (exact) mass is 298 g/mol. The van der Waals surface area contributed by atoms with Crippen molar-refractivity contribution in [3.8, 4) is 0 Å². The van der Waals surface area contributed by atoms with Crippen LogP contribution in [-0.4, -0.2) is 43.0 Å². The third-order valence-corrected chi connectivity index (χ3v) is 3.27. The minimum absolute atomic E-state index is 0.0370. The van der Waals surface area contributed by atoms with Crippen molar-refractivity contribution in [1.29, 1.82) is 0 Å². The number of nitrogens with one attached hydrogen (secondary N) is 2. The number of amides is 1. The lowest BCUT2D eigenvalue weighted by Gasteiger charge is -2.15. The molecule has 2 aromatic heterocycles. The van der Waals surface area contributed by atoms with Crippen LogP contribution >= 0.6 is 0 Å². The van der Waals surface area contributed by atoms with Crippen molar-refractivity contribution in [2.75, 3.05) is 7.05 Å². The molecule has 0 unspecified atom stereocenters. The van der Waals surface area contributed by atoms with Crippen molar-refractivity contribution < 1.29 is 4.79 Å². The van der Waals surface area contributed by atoms with Gasteiger partial charge in [-0.1, -0.05) is 18.2 Å². The van der Waals surface area contributed by atoms with E-state index in [2.05, 4.69) is 25.1 Å². The van der Waals surface area contributed by atoms with Crippen LogP contribution in [0.3, 0.4) is 0 Å². The molecule has 3 rings (SSSR count). The number of hydrogen-bond acceptors (Lipinski definition) is 5. The number of aryl methyl sites for hydroxylation is 1. The van der Waals surface area contributed by atoms with Crippen LogP contribution in [0.2, 0.25) is 0 Å². The van der Waals surface area contributed by atoms with E-state index < -0.39 is 11.6 Å². The van der Waals surface area contributed by atoms with Crippen molar-refractivity contribution in [1.82, 2.24) is 30.0 Å². The number of rotatable bonds is 3. The molecule has 2 heterocycles. The van der Waals surface area contributed by atoms with E-state index in [9.17, 15) is 9.59 Å². The second-order valence-electron chi connectivity index (χ2n) is 4.93. The van der Waals surface area contributed by atoms with E-state index in [1.165, 1.54) is 4.90 Å². The van der Waals surface area contributed by atoms with Crippen LogP contribution < -0.4 is 5.69 Å². The third kappa shape index (κ3) is 2.58. The Balaban J connectivity index is 1.86. The molecule has 8 nitrogen and oxygen atoms in total. The summed E-state index contributed by atoms with van der Waals surface area (Å²) in [6, 6.07) is 7.70. The molecule has 1 amide bonds. The number of fused-ring (bicyclic) bond motifs is 1. The number of aromatic amines is 2. The smallest absolute Gasteiger partial charge is 0.331 e. The maximum absolute atomic E-state index is 12.1. The predicted molar refractivity (Wildman–Crippen MR) is 79.3 cm³/mol. The number of carbonyl (C=O) groups excluding carboxylic acids is 1. The second kappa shape index (κ2) is 5.40. The van der Waals surface area contributed by atoms with Crippen molar-refractivity contribution in [2.45, 2.75) is 13.5 Å². The van der Waals surface area contributed by atoms with E-state index >= 15 is 0 Å². The molecule has 1 aromatic carbocycles. The number of carbonyl (C=O) groups is 1. The summed E-state index contributed by atoms with van der Waals surface area (Å²) in [6.07, 6.45) is 0. The lowest BCUT2D eigenvalue weighted by molar-refractivity contribution is 0.0770. The van der Waals surface area contributed by atoms with Crippen LogP contribution in [0.4, 0.5) is 0 Å². The fourth-order valence-electron chi connectivity index (χ4n) is 2.20. The third-order valence-electron chi connectivity index (χ3n) is 3.27. The lowest BCUT2D eigenvalue weighted by atomic mass is 10.2. The van der Waals surface area contributed by atoms with Gasteiger partial charge in [0.05, 0.1) is 12.1 Å². The van der Waals surface area contributed by atoms with E-state index in [1.54, 1.807) is 7.05 Å². The van der Waals surface area contributed by atoms with Gasteiger partial charge in [-0.15, -0.1) is 5.10 Å². The van der Waals surface area contributed by atoms with Gasteiger partial charge in [-0.3, -0.25) is 9.78 Å². The van der Waals surface area contributed by atoms with Crippen molar-refractivity contribution in [3.05, 3.63) is 52.1 Å². The van der Waals surface area contributed by atoms with Gasteiger partial charge in [0.15, 0.2) is 0 Å². The number of para-hydroxylation sites is 1. The van der Waals surface area contributed by atoms with E-state index in [0.29, 0.717) is 5.82 Å². The predicted octanol–water partition coefficient (Wildman–Crippen LogP) is 0.622. The summed E-state index contributed by atoms with van der Waals surface area (Å²) in [5.41, 5.74) is 1.17. The van der Waals surface area contributed by atoms with Gasteiger partial charge < -0.3 is 4.90 Å². The van der Waals surface area contributed by atoms with E-state index in [1.807, 2.05) is 31.2 Å². The van der Waals surface area contributed by atoms with Crippen molar-refractivity contribution in [2.24, 2.45) is 0 Å². The SMILES string of the molecule is Cc1nc(CN(C)C(=O)c2n[nH]c(=O)[nH]2)nc2ccccc12. The first kappa shape index (κ1) is 13.9. The second-order valence-corrected chi connectivity index (χ2v) is 4.93. The molecule has 2 N–H and O–H groups in total. The number of benzene rings is 1. The average Bonchev–Trinajstić information content (AvgIpc) is 2.93. The zero-order valence-electron chi connectivity index (χ0n) is 12.1.